The normalized spacial score (nSPS) is 13.5. The van der Waals surface area contributed by atoms with Crippen molar-refractivity contribution < 1.29 is 58.2 Å². The van der Waals surface area contributed by atoms with E-state index in [2.05, 4.69) is 4.74 Å². The van der Waals surface area contributed by atoms with E-state index in [-0.39, 0.29) is 19.3 Å². The van der Waals surface area contributed by atoms with Crippen molar-refractivity contribution in [2.75, 3.05) is 13.2 Å². The second-order valence-electron chi connectivity index (χ2n) is 4.60. The van der Waals surface area contributed by atoms with Gasteiger partial charge in [-0.05, 0) is 19.3 Å². The third kappa shape index (κ3) is 6.23. The number of alkyl halides is 10. The van der Waals surface area contributed by atoms with Crippen LogP contribution in [0.1, 0.15) is 19.3 Å². The van der Waals surface area contributed by atoms with Crippen LogP contribution in [0.4, 0.5) is 43.9 Å². The van der Waals surface area contributed by atoms with Crippen LogP contribution < -0.4 is 5.32 Å². The Balaban J connectivity index is 4.03. The number of carbonyl (C=O) groups excluding carboxylic acids is 2. The van der Waals surface area contributed by atoms with Gasteiger partial charge < -0.3 is 10.1 Å². The lowest BCUT2D eigenvalue weighted by molar-refractivity contribution is -0.280. The SMILES string of the molecule is O=C(NCCCCCOC(=O)C(F)(F)C(F)(F)F)C(F)(F)C(F)(F)F. The van der Waals surface area contributed by atoms with Gasteiger partial charge in [0.05, 0.1) is 6.61 Å². The standard InChI is InChI=1S/C11H11F10NO3/c12-8(13,10(16,17)18)6(23)22-4-2-1-3-5-25-7(24)9(14,15)11(19,20)21/h1-5H2,(H,22,23). The van der Waals surface area contributed by atoms with Crippen LogP contribution in [0, 0.1) is 0 Å². The van der Waals surface area contributed by atoms with Crippen LogP contribution in [-0.4, -0.2) is 49.2 Å². The molecule has 0 atom stereocenters. The molecular formula is C11H11F10NO3. The molecule has 148 valence electrons. The second-order valence-corrected chi connectivity index (χ2v) is 4.60. The molecule has 0 heterocycles. The average Bonchev–Trinajstić information content (AvgIpc) is 2.43. The van der Waals surface area contributed by atoms with Gasteiger partial charge >= 0.3 is 30.2 Å². The summed E-state index contributed by atoms with van der Waals surface area (Å²) in [5.41, 5.74) is 0. The molecule has 0 aliphatic rings. The minimum absolute atomic E-state index is 0.122. The molecule has 1 N–H and O–H groups in total. The van der Waals surface area contributed by atoms with Crippen LogP contribution in [0.15, 0.2) is 0 Å². The zero-order valence-electron chi connectivity index (χ0n) is 12.0. The molecule has 0 saturated carbocycles. The molecule has 0 rings (SSSR count). The molecule has 0 aliphatic heterocycles. The van der Waals surface area contributed by atoms with Gasteiger partial charge in [-0.1, -0.05) is 0 Å². The lowest BCUT2D eigenvalue weighted by Crippen LogP contribution is -2.50. The lowest BCUT2D eigenvalue weighted by Gasteiger charge is -2.18. The molecule has 0 aromatic heterocycles. The molecule has 0 saturated heterocycles. The van der Waals surface area contributed by atoms with Crippen LogP contribution in [-0.2, 0) is 14.3 Å². The van der Waals surface area contributed by atoms with E-state index < -0.39 is 49.2 Å². The first-order valence-corrected chi connectivity index (χ1v) is 6.39. The molecule has 0 spiro atoms. The van der Waals surface area contributed by atoms with Gasteiger partial charge in [-0.3, -0.25) is 4.79 Å². The molecule has 0 aromatic rings. The highest BCUT2D eigenvalue weighted by Crippen LogP contribution is 2.36. The maximum Gasteiger partial charge on any atom is 0.465 e. The van der Waals surface area contributed by atoms with Gasteiger partial charge in [0.25, 0.3) is 5.91 Å². The fraction of sp³-hybridized carbons (Fsp3) is 0.818. The summed E-state index contributed by atoms with van der Waals surface area (Å²) in [5, 5.41) is 1.29. The summed E-state index contributed by atoms with van der Waals surface area (Å²) < 4.78 is 124. The minimum Gasteiger partial charge on any atom is -0.461 e. The smallest absolute Gasteiger partial charge is 0.461 e. The number of esters is 1. The van der Waals surface area contributed by atoms with Gasteiger partial charge in [-0.2, -0.15) is 43.9 Å². The van der Waals surface area contributed by atoms with Crippen LogP contribution in [0.3, 0.4) is 0 Å². The molecule has 0 fully saturated rings. The zero-order chi connectivity index (χ0) is 20.1. The maximum atomic E-state index is 12.5. The second kappa shape index (κ2) is 8.08. The number of halogens is 10. The van der Waals surface area contributed by atoms with E-state index in [4.69, 9.17) is 0 Å². The average molecular weight is 395 g/mol. The summed E-state index contributed by atoms with van der Waals surface area (Å²) in [6.45, 7) is -1.51. The van der Waals surface area contributed by atoms with Crippen molar-refractivity contribution in [2.45, 2.75) is 43.5 Å². The quantitative estimate of drug-likeness (QED) is 0.390. The number of nitrogens with one attached hydrogen (secondary N) is 1. The predicted octanol–water partition coefficient (Wildman–Crippen LogP) is 3.21. The highest BCUT2D eigenvalue weighted by Gasteiger charge is 2.65. The van der Waals surface area contributed by atoms with Crippen LogP contribution in [0.2, 0.25) is 0 Å². The van der Waals surface area contributed by atoms with Crippen molar-refractivity contribution in [1.82, 2.24) is 5.32 Å². The fourth-order valence-electron chi connectivity index (χ4n) is 1.22. The van der Waals surface area contributed by atoms with Gasteiger partial charge in [-0.25, -0.2) is 4.79 Å². The summed E-state index contributed by atoms with van der Waals surface area (Å²) in [6, 6.07) is 0. The molecule has 25 heavy (non-hydrogen) atoms. The van der Waals surface area contributed by atoms with Crippen molar-refractivity contribution in [1.29, 1.82) is 0 Å². The summed E-state index contributed by atoms with van der Waals surface area (Å²) in [6.07, 6.45) is -12.8. The highest BCUT2D eigenvalue weighted by atomic mass is 19.4. The third-order valence-electron chi connectivity index (χ3n) is 2.59. The first-order valence-electron chi connectivity index (χ1n) is 6.39. The zero-order valence-corrected chi connectivity index (χ0v) is 12.0. The van der Waals surface area contributed by atoms with Crippen molar-refractivity contribution in [2.24, 2.45) is 0 Å². The summed E-state index contributed by atoms with van der Waals surface area (Å²) in [5.74, 6) is -16.7. The number of rotatable bonds is 8. The van der Waals surface area contributed by atoms with E-state index in [1.54, 1.807) is 0 Å². The van der Waals surface area contributed by atoms with Crippen LogP contribution >= 0.6 is 0 Å². The molecule has 4 nitrogen and oxygen atoms in total. The molecule has 0 radical (unpaired) electrons. The van der Waals surface area contributed by atoms with Gasteiger partial charge in [0.1, 0.15) is 0 Å². The Bertz CT molecular complexity index is 430. The Kier molecular flexibility index (Phi) is 7.51. The number of hydrogen-bond acceptors (Lipinski definition) is 3. The Hall–Kier alpha value is -1.76. The number of hydrogen-bond donors (Lipinski definition) is 1. The van der Waals surface area contributed by atoms with Crippen LogP contribution in [0.25, 0.3) is 0 Å². The molecule has 0 aliphatic carbocycles. The topological polar surface area (TPSA) is 55.4 Å². The Morgan fingerprint density at radius 1 is 0.720 bits per heavy atom. The Labute approximate surface area is 133 Å². The van der Waals surface area contributed by atoms with E-state index in [0.29, 0.717) is 0 Å². The highest BCUT2D eigenvalue weighted by molar-refractivity contribution is 5.84. The molecule has 1 amide bonds. The number of carbonyl (C=O) groups is 2. The number of amides is 1. The monoisotopic (exact) mass is 395 g/mol. The van der Waals surface area contributed by atoms with Crippen molar-refractivity contribution in [3.63, 3.8) is 0 Å². The van der Waals surface area contributed by atoms with E-state index in [1.165, 1.54) is 5.32 Å². The molecule has 0 unspecified atom stereocenters. The van der Waals surface area contributed by atoms with Gasteiger partial charge in [0, 0.05) is 6.54 Å². The van der Waals surface area contributed by atoms with Gasteiger partial charge in [0.2, 0.25) is 0 Å². The van der Waals surface area contributed by atoms with Crippen molar-refractivity contribution in [3.05, 3.63) is 0 Å². The molecule has 0 bridgehead atoms. The van der Waals surface area contributed by atoms with E-state index in [1.807, 2.05) is 0 Å². The largest absolute Gasteiger partial charge is 0.465 e. The fourth-order valence-corrected chi connectivity index (χ4v) is 1.22. The molecular weight excluding hydrogens is 384 g/mol. The van der Waals surface area contributed by atoms with Gasteiger partial charge in [0.15, 0.2) is 0 Å². The Morgan fingerprint density at radius 2 is 1.20 bits per heavy atom. The maximum absolute atomic E-state index is 12.5. The molecule has 14 heteroatoms. The van der Waals surface area contributed by atoms with E-state index in [9.17, 15) is 53.5 Å². The van der Waals surface area contributed by atoms with Crippen molar-refractivity contribution >= 4 is 11.9 Å². The van der Waals surface area contributed by atoms with Crippen LogP contribution in [0.5, 0.6) is 0 Å². The number of ether oxygens (including phenoxy) is 1. The third-order valence-corrected chi connectivity index (χ3v) is 2.59. The first kappa shape index (κ1) is 23.2. The Morgan fingerprint density at radius 3 is 1.64 bits per heavy atom. The lowest BCUT2D eigenvalue weighted by atomic mass is 10.2. The summed E-state index contributed by atoms with van der Waals surface area (Å²) >= 11 is 0. The molecule has 0 aromatic carbocycles. The predicted molar refractivity (Wildman–Crippen MR) is 59.8 cm³/mol. The minimum atomic E-state index is -6.13. The van der Waals surface area contributed by atoms with Gasteiger partial charge in [-0.15, -0.1) is 0 Å². The van der Waals surface area contributed by atoms with E-state index >= 15 is 0 Å². The van der Waals surface area contributed by atoms with E-state index in [0.717, 1.165) is 0 Å². The summed E-state index contributed by atoms with van der Waals surface area (Å²) in [7, 11) is 0. The van der Waals surface area contributed by atoms with Crippen molar-refractivity contribution in [3.8, 4) is 0 Å². The summed E-state index contributed by atoms with van der Waals surface area (Å²) in [4.78, 5) is 21.2. The number of unbranched alkanes of at least 4 members (excludes halogenated alkanes) is 2. The first-order chi connectivity index (χ1) is 11.0.